The molecule has 27 heavy (non-hydrogen) atoms. The van der Waals surface area contributed by atoms with Crippen molar-refractivity contribution in [2.45, 2.75) is 42.9 Å². The summed E-state index contributed by atoms with van der Waals surface area (Å²) < 4.78 is 0. The average molecular weight is 376 g/mol. The minimum atomic E-state index is 0.487. The summed E-state index contributed by atoms with van der Waals surface area (Å²) in [6.07, 6.45) is 3.07. The second kappa shape index (κ2) is 8.13. The van der Waals surface area contributed by atoms with Crippen molar-refractivity contribution in [1.82, 2.24) is 9.97 Å². The standard InChI is InChI=1S/C23H25N3S/c1-17-8-10-19(11-9-17)20-14-18(2)26(15-20)23-12-13-24-22(25-23)16-27-21-6-4-3-5-7-21/h3-13,18,20H,14-16H2,1-2H3. The third-order valence-corrected chi connectivity index (χ3v) is 6.23. The van der Waals surface area contributed by atoms with E-state index in [0.29, 0.717) is 12.0 Å². The Balaban J connectivity index is 1.45. The van der Waals surface area contributed by atoms with E-state index in [2.05, 4.69) is 72.3 Å². The van der Waals surface area contributed by atoms with Crippen LogP contribution in [0.15, 0.2) is 71.8 Å². The third-order valence-electron chi connectivity index (χ3n) is 5.22. The third kappa shape index (κ3) is 4.33. The molecule has 4 heteroatoms. The van der Waals surface area contributed by atoms with Crippen LogP contribution in [0.25, 0.3) is 0 Å². The van der Waals surface area contributed by atoms with Gasteiger partial charge in [-0.25, -0.2) is 9.97 Å². The van der Waals surface area contributed by atoms with Crippen molar-refractivity contribution in [3.63, 3.8) is 0 Å². The lowest BCUT2D eigenvalue weighted by molar-refractivity contribution is 0.695. The zero-order chi connectivity index (χ0) is 18.6. The van der Waals surface area contributed by atoms with Crippen LogP contribution < -0.4 is 4.90 Å². The van der Waals surface area contributed by atoms with Gasteiger partial charge in [-0.2, -0.15) is 0 Å². The quantitative estimate of drug-likeness (QED) is 0.554. The summed E-state index contributed by atoms with van der Waals surface area (Å²) in [4.78, 5) is 13.0. The Labute approximate surface area is 165 Å². The number of aromatic nitrogens is 2. The largest absolute Gasteiger partial charge is 0.353 e. The fraction of sp³-hybridized carbons (Fsp3) is 0.304. The van der Waals surface area contributed by atoms with Crippen molar-refractivity contribution in [2.75, 3.05) is 11.4 Å². The highest BCUT2D eigenvalue weighted by atomic mass is 32.2. The zero-order valence-corrected chi connectivity index (χ0v) is 16.7. The number of benzene rings is 2. The van der Waals surface area contributed by atoms with Gasteiger partial charge >= 0.3 is 0 Å². The van der Waals surface area contributed by atoms with Crippen LogP contribution in [0.4, 0.5) is 5.82 Å². The maximum absolute atomic E-state index is 4.86. The summed E-state index contributed by atoms with van der Waals surface area (Å²) in [5, 5.41) is 0. The SMILES string of the molecule is Cc1ccc(C2CC(C)N(c3ccnc(CSc4ccccc4)n3)C2)cc1. The molecule has 1 aromatic heterocycles. The van der Waals surface area contributed by atoms with Gasteiger partial charge in [-0.15, -0.1) is 11.8 Å². The molecule has 1 saturated heterocycles. The predicted octanol–water partition coefficient (Wildman–Crippen LogP) is 5.46. The van der Waals surface area contributed by atoms with Crippen molar-refractivity contribution in [3.05, 3.63) is 83.8 Å². The summed E-state index contributed by atoms with van der Waals surface area (Å²) in [5.74, 6) is 3.31. The van der Waals surface area contributed by atoms with Gasteiger partial charge in [0, 0.05) is 29.6 Å². The van der Waals surface area contributed by atoms with Gasteiger partial charge in [-0.05, 0) is 44.0 Å². The number of rotatable bonds is 5. The number of anilines is 1. The number of hydrogen-bond donors (Lipinski definition) is 0. The Morgan fingerprint density at radius 2 is 1.81 bits per heavy atom. The minimum absolute atomic E-state index is 0.487. The van der Waals surface area contributed by atoms with Gasteiger partial charge in [0.15, 0.2) is 0 Å². The van der Waals surface area contributed by atoms with E-state index in [9.17, 15) is 0 Å². The van der Waals surface area contributed by atoms with E-state index in [-0.39, 0.29) is 0 Å². The molecule has 1 aliphatic rings. The number of aryl methyl sites for hydroxylation is 1. The Bertz CT molecular complexity index is 880. The zero-order valence-electron chi connectivity index (χ0n) is 15.9. The van der Waals surface area contributed by atoms with E-state index < -0.39 is 0 Å². The monoisotopic (exact) mass is 375 g/mol. The maximum atomic E-state index is 4.86. The Morgan fingerprint density at radius 1 is 1.04 bits per heavy atom. The molecular weight excluding hydrogens is 350 g/mol. The molecule has 1 aliphatic heterocycles. The van der Waals surface area contributed by atoms with E-state index in [1.54, 1.807) is 11.8 Å². The van der Waals surface area contributed by atoms with E-state index in [1.807, 2.05) is 18.3 Å². The Kier molecular flexibility index (Phi) is 5.44. The first-order valence-electron chi connectivity index (χ1n) is 9.52. The molecule has 0 radical (unpaired) electrons. The van der Waals surface area contributed by atoms with Gasteiger partial charge < -0.3 is 4.90 Å². The molecule has 2 unspecified atom stereocenters. The van der Waals surface area contributed by atoms with Crippen molar-refractivity contribution < 1.29 is 0 Å². The molecule has 138 valence electrons. The number of nitrogens with zero attached hydrogens (tertiary/aromatic N) is 3. The smallest absolute Gasteiger partial charge is 0.140 e. The van der Waals surface area contributed by atoms with E-state index in [4.69, 9.17) is 4.98 Å². The maximum Gasteiger partial charge on any atom is 0.140 e. The number of hydrogen-bond acceptors (Lipinski definition) is 4. The Morgan fingerprint density at radius 3 is 2.59 bits per heavy atom. The van der Waals surface area contributed by atoms with Crippen molar-refractivity contribution in [3.8, 4) is 0 Å². The summed E-state index contributed by atoms with van der Waals surface area (Å²) in [7, 11) is 0. The molecule has 3 nitrogen and oxygen atoms in total. The highest BCUT2D eigenvalue weighted by Gasteiger charge is 2.31. The molecule has 0 amide bonds. The van der Waals surface area contributed by atoms with E-state index in [1.165, 1.54) is 22.4 Å². The second-order valence-corrected chi connectivity index (χ2v) is 8.33. The predicted molar refractivity (Wildman–Crippen MR) is 113 cm³/mol. The molecule has 0 aliphatic carbocycles. The van der Waals surface area contributed by atoms with Crippen LogP contribution in [-0.4, -0.2) is 22.6 Å². The van der Waals surface area contributed by atoms with Gasteiger partial charge in [-0.3, -0.25) is 0 Å². The van der Waals surface area contributed by atoms with E-state index >= 15 is 0 Å². The first-order valence-corrected chi connectivity index (χ1v) is 10.5. The van der Waals surface area contributed by atoms with Crippen molar-refractivity contribution >= 4 is 17.6 Å². The molecule has 2 aromatic carbocycles. The normalized spacial score (nSPS) is 19.4. The first kappa shape index (κ1) is 18.1. The lowest BCUT2D eigenvalue weighted by Crippen LogP contribution is -2.27. The number of thioether (sulfide) groups is 1. The summed E-state index contributed by atoms with van der Waals surface area (Å²) in [6, 6.07) is 21.9. The first-order chi connectivity index (χ1) is 13.2. The van der Waals surface area contributed by atoms with E-state index in [0.717, 1.165) is 23.9 Å². The van der Waals surface area contributed by atoms with Crippen LogP contribution in [0.3, 0.4) is 0 Å². The van der Waals surface area contributed by atoms with Crippen molar-refractivity contribution in [2.24, 2.45) is 0 Å². The highest BCUT2D eigenvalue weighted by Crippen LogP contribution is 2.34. The van der Waals surface area contributed by atoms with Crippen LogP contribution in [0.5, 0.6) is 0 Å². The van der Waals surface area contributed by atoms with Gasteiger partial charge in [0.25, 0.3) is 0 Å². The molecule has 4 rings (SSSR count). The molecule has 0 spiro atoms. The van der Waals surface area contributed by atoms with Crippen LogP contribution in [-0.2, 0) is 5.75 Å². The molecule has 2 heterocycles. The molecule has 0 bridgehead atoms. The molecular formula is C23H25N3S. The van der Waals surface area contributed by atoms with Crippen LogP contribution in [0, 0.1) is 6.92 Å². The fourth-order valence-electron chi connectivity index (χ4n) is 3.71. The molecule has 0 saturated carbocycles. The Hall–Kier alpha value is -2.33. The van der Waals surface area contributed by atoms with Crippen LogP contribution >= 0.6 is 11.8 Å². The summed E-state index contributed by atoms with van der Waals surface area (Å²) in [6.45, 7) is 5.46. The van der Waals surface area contributed by atoms with Crippen LogP contribution in [0.1, 0.15) is 36.2 Å². The molecule has 1 fully saturated rings. The van der Waals surface area contributed by atoms with Crippen molar-refractivity contribution in [1.29, 1.82) is 0 Å². The lowest BCUT2D eigenvalue weighted by atomic mass is 9.96. The van der Waals surface area contributed by atoms with Gasteiger partial charge in [0.1, 0.15) is 11.6 Å². The average Bonchev–Trinajstić information content (AvgIpc) is 3.10. The molecule has 3 aromatic rings. The summed E-state index contributed by atoms with van der Waals surface area (Å²) >= 11 is 1.78. The summed E-state index contributed by atoms with van der Waals surface area (Å²) in [5.41, 5.74) is 2.75. The second-order valence-electron chi connectivity index (χ2n) is 7.28. The van der Waals surface area contributed by atoms with Crippen LogP contribution in [0.2, 0.25) is 0 Å². The molecule has 0 N–H and O–H groups in total. The lowest BCUT2D eigenvalue weighted by Gasteiger charge is -2.22. The minimum Gasteiger partial charge on any atom is -0.353 e. The van der Waals surface area contributed by atoms with Gasteiger partial charge in [0.2, 0.25) is 0 Å². The highest BCUT2D eigenvalue weighted by molar-refractivity contribution is 7.98. The van der Waals surface area contributed by atoms with Gasteiger partial charge in [0.05, 0.1) is 5.75 Å². The topological polar surface area (TPSA) is 29.0 Å². The fourth-order valence-corrected chi connectivity index (χ4v) is 4.50. The van der Waals surface area contributed by atoms with Gasteiger partial charge in [-0.1, -0.05) is 48.0 Å². The molecule has 2 atom stereocenters.